The van der Waals surface area contributed by atoms with Crippen LogP contribution in [0.15, 0.2) is 22.7 Å². The van der Waals surface area contributed by atoms with E-state index in [9.17, 15) is 14.0 Å². The molecule has 0 unspecified atom stereocenters. The highest BCUT2D eigenvalue weighted by Gasteiger charge is 2.31. The van der Waals surface area contributed by atoms with Gasteiger partial charge in [0, 0.05) is 36.2 Å². The van der Waals surface area contributed by atoms with Crippen molar-refractivity contribution >= 4 is 22.8 Å². The van der Waals surface area contributed by atoms with Crippen LogP contribution in [-0.2, 0) is 4.74 Å². The van der Waals surface area contributed by atoms with Crippen molar-refractivity contribution in [3.8, 4) is 0 Å². The molecular formula is C22H24FN3O4. The van der Waals surface area contributed by atoms with E-state index in [4.69, 9.17) is 9.26 Å². The highest BCUT2D eigenvalue weighted by Crippen LogP contribution is 2.33. The molecule has 3 heterocycles. The highest BCUT2D eigenvalue weighted by atomic mass is 19.1. The monoisotopic (exact) mass is 413 g/mol. The molecule has 3 aromatic rings. The molecule has 1 saturated heterocycles. The van der Waals surface area contributed by atoms with E-state index in [2.05, 4.69) is 10.1 Å². The zero-order valence-electron chi connectivity index (χ0n) is 17.3. The Morgan fingerprint density at radius 2 is 2.03 bits per heavy atom. The molecule has 2 aromatic heterocycles. The molecule has 8 heteroatoms. The van der Waals surface area contributed by atoms with Gasteiger partial charge in [0.2, 0.25) is 0 Å². The maximum absolute atomic E-state index is 13.4. The summed E-state index contributed by atoms with van der Waals surface area (Å²) in [6.45, 7) is 6.70. The number of carbonyl (C=O) groups is 2. The summed E-state index contributed by atoms with van der Waals surface area (Å²) in [6, 6.07) is 4.43. The van der Waals surface area contributed by atoms with Crippen molar-refractivity contribution in [1.82, 2.24) is 15.0 Å². The van der Waals surface area contributed by atoms with Gasteiger partial charge in [-0.1, -0.05) is 5.16 Å². The number of likely N-dealkylation sites (tertiary alicyclic amines) is 1. The van der Waals surface area contributed by atoms with Crippen LogP contribution in [0.3, 0.4) is 0 Å². The third-order valence-electron chi connectivity index (χ3n) is 5.76. The van der Waals surface area contributed by atoms with Crippen LogP contribution in [0.2, 0.25) is 0 Å². The van der Waals surface area contributed by atoms with Crippen LogP contribution in [0.5, 0.6) is 0 Å². The van der Waals surface area contributed by atoms with Crippen molar-refractivity contribution < 1.29 is 23.2 Å². The maximum Gasteiger partial charge on any atom is 0.355 e. The van der Waals surface area contributed by atoms with Gasteiger partial charge in [-0.05, 0) is 51.3 Å². The van der Waals surface area contributed by atoms with Crippen LogP contribution in [-0.4, -0.2) is 46.6 Å². The smallest absolute Gasteiger partial charge is 0.355 e. The molecule has 1 fully saturated rings. The summed E-state index contributed by atoms with van der Waals surface area (Å²) in [7, 11) is 0. The molecule has 0 aliphatic carbocycles. The summed E-state index contributed by atoms with van der Waals surface area (Å²) in [5.74, 6) is -0.762. The lowest BCUT2D eigenvalue weighted by Crippen LogP contribution is -2.38. The molecule has 7 nitrogen and oxygen atoms in total. The fraction of sp³-hybridized carbons (Fsp3) is 0.409. The number of hydrogen-bond acceptors (Lipinski definition) is 5. The number of hydrogen-bond donors (Lipinski definition) is 1. The van der Waals surface area contributed by atoms with Crippen molar-refractivity contribution in [1.29, 1.82) is 0 Å². The van der Waals surface area contributed by atoms with Gasteiger partial charge in [-0.25, -0.2) is 9.18 Å². The van der Waals surface area contributed by atoms with Gasteiger partial charge in [-0.3, -0.25) is 4.79 Å². The maximum atomic E-state index is 13.4. The minimum Gasteiger partial charge on any atom is -0.461 e. The summed E-state index contributed by atoms with van der Waals surface area (Å²) in [5, 5.41) is 4.97. The van der Waals surface area contributed by atoms with Crippen molar-refractivity contribution in [2.45, 2.75) is 39.5 Å². The first-order chi connectivity index (χ1) is 14.4. The lowest BCUT2D eigenvalue weighted by molar-refractivity contribution is 0.0519. The van der Waals surface area contributed by atoms with E-state index in [1.165, 1.54) is 12.1 Å². The summed E-state index contributed by atoms with van der Waals surface area (Å²) in [5.41, 5.74) is 3.38. The molecule has 0 bridgehead atoms. The fourth-order valence-corrected chi connectivity index (χ4v) is 4.22. The molecule has 30 heavy (non-hydrogen) atoms. The molecule has 4 rings (SSSR count). The SMILES string of the molecule is CCOC(=O)c1[nH]c(C)c(C(=O)N2CCC(c3noc4cc(F)ccc34)CC2)c1C. The average molecular weight is 413 g/mol. The number of aromatic nitrogens is 2. The van der Waals surface area contributed by atoms with Crippen LogP contribution >= 0.6 is 0 Å². The van der Waals surface area contributed by atoms with Crippen molar-refractivity contribution in [2.75, 3.05) is 19.7 Å². The highest BCUT2D eigenvalue weighted by molar-refractivity contribution is 6.01. The number of aryl methyl sites for hydroxylation is 1. The van der Waals surface area contributed by atoms with Crippen molar-refractivity contribution in [2.24, 2.45) is 0 Å². The number of amides is 1. The van der Waals surface area contributed by atoms with E-state index in [1.54, 1.807) is 31.7 Å². The zero-order chi connectivity index (χ0) is 21.4. The van der Waals surface area contributed by atoms with Gasteiger partial charge in [0.05, 0.1) is 17.9 Å². The van der Waals surface area contributed by atoms with Crippen LogP contribution < -0.4 is 0 Å². The van der Waals surface area contributed by atoms with E-state index in [-0.39, 0.29) is 24.2 Å². The number of benzene rings is 1. The minimum absolute atomic E-state index is 0.0951. The lowest BCUT2D eigenvalue weighted by Gasteiger charge is -2.31. The van der Waals surface area contributed by atoms with Crippen LogP contribution in [0.1, 0.15) is 63.5 Å². The molecule has 0 radical (unpaired) electrons. The molecule has 0 spiro atoms. The van der Waals surface area contributed by atoms with Gasteiger partial charge < -0.3 is 19.1 Å². The van der Waals surface area contributed by atoms with Crippen molar-refractivity contribution in [3.63, 3.8) is 0 Å². The summed E-state index contributed by atoms with van der Waals surface area (Å²) in [4.78, 5) is 30.1. The topological polar surface area (TPSA) is 88.4 Å². The number of nitrogens with one attached hydrogen (secondary N) is 1. The number of fused-ring (bicyclic) bond motifs is 1. The molecule has 1 amide bonds. The summed E-state index contributed by atoms with van der Waals surface area (Å²) >= 11 is 0. The van der Waals surface area contributed by atoms with Gasteiger partial charge in [-0.15, -0.1) is 0 Å². The summed E-state index contributed by atoms with van der Waals surface area (Å²) < 4.78 is 23.7. The number of carbonyl (C=O) groups excluding carboxylic acids is 2. The molecular weight excluding hydrogens is 389 g/mol. The van der Waals surface area contributed by atoms with Gasteiger partial charge >= 0.3 is 5.97 Å². The zero-order valence-corrected chi connectivity index (χ0v) is 17.3. The number of H-pyrrole nitrogens is 1. The fourth-order valence-electron chi connectivity index (χ4n) is 4.22. The van der Waals surface area contributed by atoms with Gasteiger partial charge in [0.25, 0.3) is 5.91 Å². The first-order valence-corrected chi connectivity index (χ1v) is 10.1. The predicted molar refractivity (Wildman–Crippen MR) is 108 cm³/mol. The third-order valence-corrected chi connectivity index (χ3v) is 5.76. The number of esters is 1. The first kappa shape index (κ1) is 20.1. The minimum atomic E-state index is -0.454. The Morgan fingerprint density at radius 3 is 2.73 bits per heavy atom. The van der Waals surface area contributed by atoms with Gasteiger partial charge in [0.1, 0.15) is 11.5 Å². The molecule has 1 aliphatic rings. The van der Waals surface area contributed by atoms with Crippen molar-refractivity contribution in [3.05, 3.63) is 52.2 Å². The van der Waals surface area contributed by atoms with E-state index in [0.717, 1.165) is 23.9 Å². The van der Waals surface area contributed by atoms with E-state index in [1.807, 2.05) is 0 Å². The number of rotatable bonds is 4. The quantitative estimate of drug-likeness (QED) is 0.651. The first-order valence-electron chi connectivity index (χ1n) is 10.1. The number of nitrogens with zero attached hydrogens (tertiary/aromatic N) is 2. The molecule has 0 saturated carbocycles. The second-order valence-electron chi connectivity index (χ2n) is 7.62. The molecule has 1 aliphatic heterocycles. The predicted octanol–water partition coefficient (Wildman–Crippen LogP) is 4.11. The van der Waals surface area contributed by atoms with E-state index < -0.39 is 5.97 Å². The van der Waals surface area contributed by atoms with Gasteiger partial charge in [0.15, 0.2) is 5.58 Å². The summed E-state index contributed by atoms with van der Waals surface area (Å²) in [6.07, 6.45) is 1.47. The Labute approximate surface area is 173 Å². The Hall–Kier alpha value is -3.16. The van der Waals surface area contributed by atoms with Crippen LogP contribution in [0, 0.1) is 19.7 Å². The largest absolute Gasteiger partial charge is 0.461 e. The van der Waals surface area contributed by atoms with E-state index in [0.29, 0.717) is 41.2 Å². The Morgan fingerprint density at radius 1 is 1.30 bits per heavy atom. The Balaban J connectivity index is 1.49. The second kappa shape index (κ2) is 7.93. The third kappa shape index (κ3) is 3.46. The Kier molecular flexibility index (Phi) is 5.32. The lowest BCUT2D eigenvalue weighted by atomic mass is 9.91. The Bertz CT molecular complexity index is 1110. The molecule has 1 N–H and O–H groups in total. The second-order valence-corrected chi connectivity index (χ2v) is 7.62. The molecule has 158 valence electrons. The number of halogens is 1. The van der Waals surface area contributed by atoms with Crippen LogP contribution in [0.25, 0.3) is 11.0 Å². The normalized spacial score (nSPS) is 15.0. The number of ether oxygens (including phenoxy) is 1. The molecule has 1 aromatic carbocycles. The van der Waals surface area contributed by atoms with E-state index >= 15 is 0 Å². The molecule has 0 atom stereocenters. The van der Waals surface area contributed by atoms with Gasteiger partial charge in [-0.2, -0.15) is 0 Å². The number of aromatic amines is 1. The average Bonchev–Trinajstić information content (AvgIpc) is 3.28. The number of piperidine rings is 1. The van der Waals surface area contributed by atoms with Crippen LogP contribution in [0.4, 0.5) is 4.39 Å². The standard InChI is InChI=1S/C22H24FN3O4/c1-4-29-22(28)19-12(2)18(13(3)24-19)21(27)26-9-7-14(8-10-26)20-16-6-5-15(23)11-17(16)30-25-20/h5-6,11,14,24H,4,7-10H2,1-3H3.